The van der Waals surface area contributed by atoms with Crippen LogP contribution in [0.15, 0.2) is 12.4 Å². The smallest absolute Gasteiger partial charge is 0.0516 e. The van der Waals surface area contributed by atoms with Gasteiger partial charge in [0.1, 0.15) is 0 Å². The number of hydrogen-bond donors (Lipinski definition) is 1. The minimum atomic E-state index is 1.18. The van der Waals surface area contributed by atoms with E-state index >= 15 is 0 Å². The second kappa shape index (κ2) is 11.1. The third kappa shape index (κ3) is 7.21. The Kier molecular flexibility index (Phi) is 13.2. The summed E-state index contributed by atoms with van der Waals surface area (Å²) in [6.45, 7) is 9.99. The van der Waals surface area contributed by atoms with Gasteiger partial charge in [-0.1, -0.05) is 27.7 Å². The molecule has 1 aromatic heterocycles. The van der Waals surface area contributed by atoms with E-state index in [0.717, 1.165) is 0 Å². The van der Waals surface area contributed by atoms with Gasteiger partial charge in [0, 0.05) is 6.20 Å². The zero-order valence-electron chi connectivity index (χ0n) is 7.60. The highest BCUT2D eigenvalue weighted by Crippen LogP contribution is 1.84. The largest absolute Gasteiger partial charge is 0.285 e. The van der Waals surface area contributed by atoms with Crippen LogP contribution in [0.3, 0.4) is 0 Å². The summed E-state index contributed by atoms with van der Waals surface area (Å²) in [5.74, 6) is 0. The van der Waals surface area contributed by atoms with Gasteiger partial charge in [0.2, 0.25) is 0 Å². The molecule has 0 atom stereocenters. The van der Waals surface area contributed by atoms with Crippen LogP contribution in [0.5, 0.6) is 0 Å². The van der Waals surface area contributed by atoms with Crippen molar-refractivity contribution in [2.75, 3.05) is 0 Å². The average molecular weight is 142 g/mol. The van der Waals surface area contributed by atoms with E-state index in [1.54, 1.807) is 6.20 Å². The maximum Gasteiger partial charge on any atom is 0.0516 e. The van der Waals surface area contributed by atoms with E-state index < -0.39 is 0 Å². The Balaban J connectivity index is 0. The molecular weight excluding hydrogens is 124 g/mol. The molecule has 1 rings (SSSR count). The fourth-order valence-electron chi connectivity index (χ4n) is 0.315. The van der Waals surface area contributed by atoms with Crippen LogP contribution >= 0.6 is 0 Å². The molecule has 1 aromatic rings. The van der Waals surface area contributed by atoms with E-state index in [1.165, 1.54) is 5.56 Å². The summed E-state index contributed by atoms with van der Waals surface area (Å²) in [7, 11) is 0. The monoisotopic (exact) mass is 142 g/mol. The van der Waals surface area contributed by atoms with E-state index in [0.29, 0.717) is 0 Å². The van der Waals surface area contributed by atoms with Crippen LogP contribution in [0.1, 0.15) is 33.3 Å². The van der Waals surface area contributed by atoms with Crippen molar-refractivity contribution in [3.05, 3.63) is 18.0 Å². The molecule has 2 nitrogen and oxygen atoms in total. The van der Waals surface area contributed by atoms with Gasteiger partial charge in [-0.3, -0.25) is 5.10 Å². The molecule has 0 aliphatic heterocycles. The summed E-state index contributed by atoms with van der Waals surface area (Å²) in [6, 6.07) is 0. The summed E-state index contributed by atoms with van der Waals surface area (Å²) in [5, 5.41) is 6.38. The third-order valence-corrected chi connectivity index (χ3v) is 0.635. The Morgan fingerprint density at radius 2 is 1.70 bits per heavy atom. The molecule has 0 saturated carbocycles. The molecule has 0 radical (unpaired) electrons. The number of H-pyrrole nitrogens is 1. The van der Waals surface area contributed by atoms with Gasteiger partial charge in [-0.2, -0.15) is 5.10 Å². The summed E-state index contributed by atoms with van der Waals surface area (Å²) in [5.41, 5.74) is 1.18. The minimum absolute atomic E-state index is 1.18. The number of nitrogens with zero attached hydrogens (tertiary/aromatic N) is 1. The molecule has 0 aliphatic carbocycles. The Labute approximate surface area is 63.7 Å². The highest BCUT2D eigenvalue weighted by molar-refractivity contribution is 4.96. The van der Waals surface area contributed by atoms with E-state index in [-0.39, 0.29) is 0 Å². The molecule has 0 saturated heterocycles. The molecule has 2 heteroatoms. The Bertz CT molecular complexity index is 111. The maximum absolute atomic E-state index is 3.70. The normalized spacial score (nSPS) is 6.50. The first-order valence-corrected chi connectivity index (χ1v) is 3.85. The zero-order chi connectivity index (χ0) is 8.41. The second-order valence-electron chi connectivity index (χ2n) is 1.28. The lowest BCUT2D eigenvalue weighted by Gasteiger charge is -1.62. The lowest BCUT2D eigenvalue weighted by molar-refractivity contribution is 1.09. The van der Waals surface area contributed by atoms with Gasteiger partial charge in [-0.05, 0) is 12.5 Å². The van der Waals surface area contributed by atoms with Crippen molar-refractivity contribution in [2.24, 2.45) is 0 Å². The molecule has 0 spiro atoms. The van der Waals surface area contributed by atoms with Gasteiger partial charge in [-0.15, -0.1) is 0 Å². The van der Waals surface area contributed by atoms with Crippen molar-refractivity contribution in [3.63, 3.8) is 0 Å². The minimum Gasteiger partial charge on any atom is -0.285 e. The van der Waals surface area contributed by atoms with Gasteiger partial charge < -0.3 is 0 Å². The van der Waals surface area contributed by atoms with Crippen molar-refractivity contribution in [1.29, 1.82) is 0 Å². The molecular formula is C8H18N2. The van der Waals surface area contributed by atoms with Crippen LogP contribution in [0.25, 0.3) is 0 Å². The van der Waals surface area contributed by atoms with Crippen molar-refractivity contribution in [3.8, 4) is 0 Å². The fraction of sp³-hybridized carbons (Fsp3) is 0.625. The number of aromatic amines is 1. The highest BCUT2D eigenvalue weighted by atomic mass is 15.1. The van der Waals surface area contributed by atoms with Crippen molar-refractivity contribution >= 4 is 0 Å². The van der Waals surface area contributed by atoms with Gasteiger partial charge in [0.15, 0.2) is 0 Å². The van der Waals surface area contributed by atoms with E-state index in [1.807, 2.05) is 40.8 Å². The quantitative estimate of drug-likeness (QED) is 0.593. The summed E-state index contributed by atoms with van der Waals surface area (Å²) in [4.78, 5) is 0. The Hall–Kier alpha value is -0.790. The van der Waals surface area contributed by atoms with E-state index in [2.05, 4.69) is 10.2 Å². The number of rotatable bonds is 0. The third-order valence-electron chi connectivity index (χ3n) is 0.635. The predicted molar refractivity (Wildman–Crippen MR) is 46.0 cm³/mol. The summed E-state index contributed by atoms with van der Waals surface area (Å²) < 4.78 is 0. The summed E-state index contributed by atoms with van der Waals surface area (Å²) in [6.07, 6.45) is 3.62. The molecule has 1 N–H and O–H groups in total. The van der Waals surface area contributed by atoms with Crippen LogP contribution < -0.4 is 0 Å². The van der Waals surface area contributed by atoms with Gasteiger partial charge >= 0.3 is 0 Å². The topological polar surface area (TPSA) is 28.7 Å². The van der Waals surface area contributed by atoms with Gasteiger partial charge in [-0.25, -0.2) is 0 Å². The molecule has 0 aromatic carbocycles. The van der Waals surface area contributed by atoms with Crippen molar-refractivity contribution < 1.29 is 0 Å². The average Bonchev–Trinajstić information content (AvgIpc) is 2.48. The molecule has 10 heavy (non-hydrogen) atoms. The first-order valence-electron chi connectivity index (χ1n) is 3.85. The molecule has 1 heterocycles. The SMILES string of the molecule is CC.CC.Cc1cn[nH]c1. The van der Waals surface area contributed by atoms with Gasteiger partial charge in [0.05, 0.1) is 6.20 Å². The first kappa shape index (κ1) is 11.9. The number of hydrogen-bond acceptors (Lipinski definition) is 1. The Morgan fingerprint density at radius 3 is 1.80 bits per heavy atom. The number of aryl methyl sites for hydroxylation is 1. The van der Waals surface area contributed by atoms with Crippen molar-refractivity contribution in [2.45, 2.75) is 34.6 Å². The first-order chi connectivity index (χ1) is 4.89. The Morgan fingerprint density at radius 1 is 1.20 bits per heavy atom. The molecule has 0 unspecified atom stereocenters. The lowest BCUT2D eigenvalue weighted by atomic mass is 10.4. The summed E-state index contributed by atoms with van der Waals surface area (Å²) >= 11 is 0. The molecule has 0 amide bonds. The molecule has 60 valence electrons. The van der Waals surface area contributed by atoms with Crippen LogP contribution in [0.2, 0.25) is 0 Å². The predicted octanol–water partition coefficient (Wildman–Crippen LogP) is 2.77. The van der Waals surface area contributed by atoms with E-state index in [9.17, 15) is 0 Å². The van der Waals surface area contributed by atoms with Gasteiger partial charge in [0.25, 0.3) is 0 Å². The van der Waals surface area contributed by atoms with Crippen molar-refractivity contribution in [1.82, 2.24) is 10.2 Å². The fourth-order valence-corrected chi connectivity index (χ4v) is 0.315. The van der Waals surface area contributed by atoms with Crippen LogP contribution in [-0.4, -0.2) is 10.2 Å². The molecule has 0 fully saturated rings. The molecule has 0 aliphatic rings. The van der Waals surface area contributed by atoms with Crippen LogP contribution in [0, 0.1) is 6.92 Å². The molecule has 0 bridgehead atoms. The maximum atomic E-state index is 3.70. The lowest BCUT2D eigenvalue weighted by Crippen LogP contribution is -1.53. The highest BCUT2D eigenvalue weighted by Gasteiger charge is 1.74. The van der Waals surface area contributed by atoms with Crippen LogP contribution in [0.4, 0.5) is 0 Å². The second-order valence-corrected chi connectivity index (χ2v) is 1.28. The van der Waals surface area contributed by atoms with Crippen LogP contribution in [-0.2, 0) is 0 Å². The zero-order valence-corrected chi connectivity index (χ0v) is 7.60. The number of aromatic nitrogens is 2. The standard InChI is InChI=1S/C4H6N2.2C2H6/c1-4-2-5-6-3-4;2*1-2/h2-3H,1H3,(H,5,6);2*1-2H3. The number of nitrogens with one attached hydrogen (secondary N) is 1. The van der Waals surface area contributed by atoms with E-state index in [4.69, 9.17) is 0 Å².